The lowest BCUT2D eigenvalue weighted by Gasteiger charge is -2.19. The summed E-state index contributed by atoms with van der Waals surface area (Å²) in [6.45, 7) is 0.0125. The van der Waals surface area contributed by atoms with Crippen molar-refractivity contribution >= 4 is 17.7 Å². The van der Waals surface area contributed by atoms with Gasteiger partial charge in [-0.2, -0.15) is 0 Å². The molecule has 0 fully saturated rings. The molecule has 1 aromatic heterocycles. The van der Waals surface area contributed by atoms with Crippen LogP contribution in [0.25, 0.3) is 0 Å². The molecule has 3 rings (SSSR count). The van der Waals surface area contributed by atoms with E-state index in [2.05, 4.69) is 16.0 Å². The second-order valence-corrected chi connectivity index (χ2v) is 6.26. The number of hydrogen-bond donors (Lipinski definition) is 3. The van der Waals surface area contributed by atoms with E-state index in [4.69, 9.17) is 4.42 Å². The van der Waals surface area contributed by atoms with Crippen LogP contribution in [-0.2, 0) is 16.1 Å². The van der Waals surface area contributed by atoms with Gasteiger partial charge in [0.05, 0.1) is 19.4 Å². The molecule has 0 saturated carbocycles. The van der Waals surface area contributed by atoms with Crippen molar-refractivity contribution in [3.05, 3.63) is 95.9 Å². The zero-order valence-electron chi connectivity index (χ0n) is 15.6. The fourth-order valence-corrected chi connectivity index (χ4v) is 2.68. The third-order valence-corrected chi connectivity index (χ3v) is 4.17. The minimum Gasteiger partial charge on any atom is -0.467 e. The Bertz CT molecular complexity index is 941. The van der Waals surface area contributed by atoms with Crippen LogP contribution in [0.4, 0.5) is 0 Å². The van der Waals surface area contributed by atoms with Crippen LogP contribution in [0, 0.1) is 0 Å². The lowest BCUT2D eigenvalue weighted by atomic mass is 10.1. The summed E-state index contributed by atoms with van der Waals surface area (Å²) in [5.41, 5.74) is 1.06. The first-order valence-electron chi connectivity index (χ1n) is 9.11. The number of amides is 3. The van der Waals surface area contributed by atoms with E-state index < -0.39 is 11.9 Å². The van der Waals surface area contributed by atoms with Crippen molar-refractivity contribution in [2.24, 2.45) is 0 Å². The van der Waals surface area contributed by atoms with Gasteiger partial charge in [-0.25, -0.2) is 0 Å². The number of carbonyl (C=O) groups is 3. The van der Waals surface area contributed by atoms with Gasteiger partial charge in [-0.05, 0) is 29.8 Å². The van der Waals surface area contributed by atoms with Gasteiger partial charge in [-0.15, -0.1) is 0 Å². The van der Waals surface area contributed by atoms with E-state index in [9.17, 15) is 14.4 Å². The summed E-state index contributed by atoms with van der Waals surface area (Å²) in [7, 11) is 0. The van der Waals surface area contributed by atoms with Gasteiger partial charge >= 0.3 is 0 Å². The minimum atomic E-state index is -0.929. The number of benzene rings is 2. The lowest BCUT2D eigenvalue weighted by molar-refractivity contribution is -0.127. The molecule has 2 aromatic carbocycles. The van der Waals surface area contributed by atoms with E-state index in [0.29, 0.717) is 16.9 Å². The molecule has 0 spiro atoms. The Hall–Kier alpha value is -3.87. The Morgan fingerprint density at radius 2 is 1.52 bits per heavy atom. The maximum atomic E-state index is 12.7. The number of carbonyl (C=O) groups excluding carboxylic acids is 3. The van der Waals surface area contributed by atoms with Crippen LogP contribution < -0.4 is 16.0 Å². The molecule has 0 bridgehead atoms. The number of rotatable bonds is 8. The summed E-state index contributed by atoms with van der Waals surface area (Å²) in [5.74, 6) is -0.608. The summed E-state index contributed by atoms with van der Waals surface area (Å²) in [4.78, 5) is 37.2. The highest BCUT2D eigenvalue weighted by Gasteiger charge is 2.23. The summed E-state index contributed by atoms with van der Waals surface area (Å²) in [6.07, 6.45) is 1.52. The average Bonchev–Trinajstić information content (AvgIpc) is 3.29. The Kier molecular flexibility index (Phi) is 6.78. The minimum absolute atomic E-state index is 0.218. The molecule has 0 aliphatic rings. The van der Waals surface area contributed by atoms with Gasteiger partial charge in [0.2, 0.25) is 11.8 Å². The van der Waals surface area contributed by atoms with Crippen molar-refractivity contribution in [3.63, 3.8) is 0 Å². The topological polar surface area (TPSA) is 100 Å². The summed E-state index contributed by atoms with van der Waals surface area (Å²) in [5, 5.41) is 7.95. The monoisotopic (exact) mass is 391 g/mol. The number of furan rings is 1. The molecule has 1 atom stereocenters. The van der Waals surface area contributed by atoms with E-state index in [-0.39, 0.29) is 24.9 Å². The van der Waals surface area contributed by atoms with Gasteiger partial charge in [-0.3, -0.25) is 14.4 Å². The van der Waals surface area contributed by atoms with E-state index in [1.807, 2.05) is 6.07 Å². The van der Waals surface area contributed by atoms with Crippen LogP contribution in [0.1, 0.15) is 27.7 Å². The first kappa shape index (κ1) is 19.9. The van der Waals surface area contributed by atoms with Crippen LogP contribution in [0.3, 0.4) is 0 Å². The Balaban J connectivity index is 1.61. The van der Waals surface area contributed by atoms with Crippen molar-refractivity contribution in [2.75, 3.05) is 6.54 Å². The molecule has 7 heteroatoms. The molecule has 1 unspecified atom stereocenters. The van der Waals surface area contributed by atoms with Crippen LogP contribution in [-0.4, -0.2) is 24.3 Å². The van der Waals surface area contributed by atoms with Crippen LogP contribution in [0.2, 0.25) is 0 Å². The van der Waals surface area contributed by atoms with Gasteiger partial charge in [-0.1, -0.05) is 48.5 Å². The molecule has 148 valence electrons. The van der Waals surface area contributed by atoms with Crippen LogP contribution >= 0.6 is 0 Å². The maximum Gasteiger partial charge on any atom is 0.252 e. The predicted octanol–water partition coefficient (Wildman–Crippen LogP) is 2.18. The van der Waals surface area contributed by atoms with Crippen molar-refractivity contribution in [3.8, 4) is 0 Å². The van der Waals surface area contributed by atoms with Gasteiger partial charge in [0, 0.05) is 5.56 Å². The fourth-order valence-electron chi connectivity index (χ4n) is 2.68. The molecule has 0 aliphatic carbocycles. The molecule has 3 N–H and O–H groups in total. The molecular weight excluding hydrogens is 370 g/mol. The third-order valence-electron chi connectivity index (χ3n) is 4.17. The average molecular weight is 391 g/mol. The van der Waals surface area contributed by atoms with E-state index in [1.54, 1.807) is 66.7 Å². The van der Waals surface area contributed by atoms with Gasteiger partial charge in [0.25, 0.3) is 5.91 Å². The fraction of sp³-hybridized carbons (Fsp3) is 0.136. The number of nitrogens with one attached hydrogen (secondary N) is 3. The molecular formula is C22H21N3O4. The van der Waals surface area contributed by atoms with Crippen molar-refractivity contribution in [2.45, 2.75) is 12.6 Å². The zero-order valence-corrected chi connectivity index (χ0v) is 15.6. The second-order valence-electron chi connectivity index (χ2n) is 6.26. The maximum absolute atomic E-state index is 12.7. The standard InChI is InChI=1S/C22H21N3O4/c26-19(23-14-18-12-7-13-29-18)15-24-22(28)20(16-8-3-1-4-9-16)25-21(27)17-10-5-2-6-11-17/h1-13,20H,14-15H2,(H,23,26)(H,24,28)(H,25,27). The van der Waals surface area contributed by atoms with Gasteiger partial charge in [0.1, 0.15) is 11.8 Å². The smallest absolute Gasteiger partial charge is 0.252 e. The second kappa shape index (κ2) is 9.89. The molecule has 1 heterocycles. The summed E-state index contributed by atoms with van der Waals surface area (Å²) < 4.78 is 5.14. The van der Waals surface area contributed by atoms with E-state index in [1.165, 1.54) is 6.26 Å². The van der Waals surface area contributed by atoms with Crippen molar-refractivity contribution in [1.29, 1.82) is 0 Å². The number of hydrogen-bond acceptors (Lipinski definition) is 4. The molecule has 7 nitrogen and oxygen atoms in total. The van der Waals surface area contributed by atoms with E-state index in [0.717, 1.165) is 0 Å². The third kappa shape index (κ3) is 5.80. The van der Waals surface area contributed by atoms with Crippen molar-refractivity contribution in [1.82, 2.24) is 16.0 Å². The Labute approximate surface area is 168 Å². The Morgan fingerprint density at radius 3 is 2.17 bits per heavy atom. The quantitative estimate of drug-likeness (QED) is 0.548. The summed E-state index contributed by atoms with van der Waals surface area (Å²) in [6, 6.07) is 20.0. The van der Waals surface area contributed by atoms with Crippen molar-refractivity contribution < 1.29 is 18.8 Å². The van der Waals surface area contributed by atoms with Gasteiger partial charge < -0.3 is 20.4 Å². The van der Waals surface area contributed by atoms with E-state index >= 15 is 0 Å². The molecule has 3 amide bonds. The predicted molar refractivity (Wildman–Crippen MR) is 107 cm³/mol. The first-order chi connectivity index (χ1) is 14.1. The Morgan fingerprint density at radius 1 is 0.828 bits per heavy atom. The first-order valence-corrected chi connectivity index (χ1v) is 9.11. The summed E-state index contributed by atoms with van der Waals surface area (Å²) >= 11 is 0. The highest BCUT2D eigenvalue weighted by molar-refractivity contribution is 5.98. The van der Waals surface area contributed by atoms with Crippen LogP contribution in [0.5, 0.6) is 0 Å². The zero-order chi connectivity index (χ0) is 20.5. The molecule has 0 radical (unpaired) electrons. The normalized spacial score (nSPS) is 11.3. The van der Waals surface area contributed by atoms with Gasteiger partial charge in [0.15, 0.2) is 0 Å². The highest BCUT2D eigenvalue weighted by Crippen LogP contribution is 2.14. The largest absolute Gasteiger partial charge is 0.467 e. The SMILES string of the molecule is O=C(CNC(=O)C(NC(=O)c1ccccc1)c1ccccc1)NCc1ccco1. The molecule has 29 heavy (non-hydrogen) atoms. The molecule has 3 aromatic rings. The highest BCUT2D eigenvalue weighted by atomic mass is 16.3. The van der Waals surface area contributed by atoms with Crippen LogP contribution in [0.15, 0.2) is 83.5 Å². The molecule has 0 saturated heterocycles. The molecule has 0 aliphatic heterocycles. The lowest BCUT2D eigenvalue weighted by Crippen LogP contribution is -2.44.